The highest BCUT2D eigenvalue weighted by atomic mass is 16.5. The summed E-state index contributed by atoms with van der Waals surface area (Å²) in [4.78, 5) is 0. The molecule has 1 nitrogen and oxygen atoms in total. The van der Waals surface area contributed by atoms with E-state index < -0.39 is 0 Å². The maximum Gasteiger partial charge on any atom is 0.0687 e. The van der Waals surface area contributed by atoms with Gasteiger partial charge in [0.2, 0.25) is 0 Å². The van der Waals surface area contributed by atoms with Crippen LogP contribution in [0.3, 0.4) is 0 Å². The van der Waals surface area contributed by atoms with E-state index in [1.54, 1.807) is 0 Å². The van der Waals surface area contributed by atoms with Crippen LogP contribution in [-0.2, 0) is 4.74 Å². The molecule has 10 heavy (non-hydrogen) atoms. The van der Waals surface area contributed by atoms with E-state index in [2.05, 4.69) is 6.92 Å². The lowest BCUT2D eigenvalue weighted by Gasteiger charge is -2.37. The fourth-order valence-corrected chi connectivity index (χ4v) is 2.12. The summed E-state index contributed by atoms with van der Waals surface area (Å²) >= 11 is 0. The van der Waals surface area contributed by atoms with Gasteiger partial charge >= 0.3 is 0 Å². The summed E-state index contributed by atoms with van der Waals surface area (Å²) in [7, 11) is 0. The molecular formula is C9H16O. The molecule has 1 saturated carbocycles. The van der Waals surface area contributed by atoms with Crippen LogP contribution < -0.4 is 0 Å². The molecule has 1 heteroatoms. The summed E-state index contributed by atoms with van der Waals surface area (Å²) in [6.45, 7) is 2.22. The normalized spacial score (nSPS) is 36.3. The van der Waals surface area contributed by atoms with Crippen LogP contribution in [0.15, 0.2) is 0 Å². The predicted molar refractivity (Wildman–Crippen MR) is 41.0 cm³/mol. The lowest BCUT2D eigenvalue weighted by Crippen LogP contribution is -2.36. The van der Waals surface area contributed by atoms with E-state index in [-0.39, 0.29) is 0 Å². The molecule has 1 aliphatic carbocycles. The Morgan fingerprint density at radius 3 is 2.50 bits per heavy atom. The van der Waals surface area contributed by atoms with Gasteiger partial charge in [0, 0.05) is 0 Å². The second-order valence-electron chi connectivity index (χ2n) is 3.72. The zero-order valence-electron chi connectivity index (χ0n) is 6.73. The number of rotatable bonds is 1. The fraction of sp³-hybridized carbons (Fsp3) is 1.00. The molecule has 2 aliphatic rings. The Balaban J connectivity index is 1.92. The standard InChI is InChI=1S/C9H16O/c1-2-8-4-7-9(10-8)5-3-6-9/h8H,2-7H2,1H3. The summed E-state index contributed by atoms with van der Waals surface area (Å²) in [6.07, 6.45) is 8.54. The average Bonchev–Trinajstić information content (AvgIpc) is 2.29. The van der Waals surface area contributed by atoms with Crippen LogP contribution in [0.1, 0.15) is 45.4 Å². The van der Waals surface area contributed by atoms with Crippen molar-refractivity contribution in [1.29, 1.82) is 0 Å². The van der Waals surface area contributed by atoms with Crippen molar-refractivity contribution in [2.45, 2.75) is 57.2 Å². The Bertz CT molecular complexity index is 127. The van der Waals surface area contributed by atoms with E-state index in [1.807, 2.05) is 0 Å². The molecule has 0 aromatic carbocycles. The summed E-state index contributed by atoms with van der Waals surface area (Å²) < 4.78 is 5.93. The summed E-state index contributed by atoms with van der Waals surface area (Å²) in [5, 5.41) is 0. The second-order valence-corrected chi connectivity index (χ2v) is 3.72. The molecule has 0 amide bonds. The highest BCUT2D eigenvalue weighted by molar-refractivity contribution is 4.95. The molecule has 2 rings (SSSR count). The molecule has 1 spiro atoms. The van der Waals surface area contributed by atoms with Gasteiger partial charge in [0.15, 0.2) is 0 Å². The third-order valence-electron chi connectivity index (χ3n) is 3.06. The second kappa shape index (κ2) is 2.23. The molecule has 0 N–H and O–H groups in total. The minimum Gasteiger partial charge on any atom is -0.372 e. The van der Waals surface area contributed by atoms with Crippen LogP contribution in [0.25, 0.3) is 0 Å². The van der Waals surface area contributed by atoms with E-state index >= 15 is 0 Å². The molecule has 1 aliphatic heterocycles. The van der Waals surface area contributed by atoms with Gasteiger partial charge in [-0.05, 0) is 38.5 Å². The van der Waals surface area contributed by atoms with E-state index in [0.717, 1.165) is 0 Å². The highest BCUT2D eigenvalue weighted by Gasteiger charge is 2.43. The summed E-state index contributed by atoms with van der Waals surface area (Å²) in [5.41, 5.74) is 0.390. The van der Waals surface area contributed by atoms with Crippen molar-refractivity contribution in [3.05, 3.63) is 0 Å². The molecule has 0 aromatic heterocycles. The van der Waals surface area contributed by atoms with Crippen LogP contribution >= 0.6 is 0 Å². The van der Waals surface area contributed by atoms with Crippen LogP contribution in [-0.4, -0.2) is 11.7 Å². The molecular weight excluding hydrogens is 124 g/mol. The lowest BCUT2D eigenvalue weighted by atomic mass is 9.78. The van der Waals surface area contributed by atoms with Crippen molar-refractivity contribution in [3.8, 4) is 0 Å². The zero-order chi connectivity index (χ0) is 7.03. The minimum absolute atomic E-state index is 0.390. The first-order chi connectivity index (χ1) is 4.85. The smallest absolute Gasteiger partial charge is 0.0687 e. The maximum absolute atomic E-state index is 5.93. The number of hydrogen-bond acceptors (Lipinski definition) is 1. The maximum atomic E-state index is 5.93. The zero-order valence-corrected chi connectivity index (χ0v) is 6.73. The Hall–Kier alpha value is -0.0400. The fourth-order valence-electron chi connectivity index (χ4n) is 2.12. The van der Waals surface area contributed by atoms with Gasteiger partial charge in [-0.1, -0.05) is 6.92 Å². The Morgan fingerprint density at radius 2 is 2.20 bits per heavy atom. The van der Waals surface area contributed by atoms with Crippen molar-refractivity contribution in [1.82, 2.24) is 0 Å². The van der Waals surface area contributed by atoms with Gasteiger partial charge in [-0.3, -0.25) is 0 Å². The lowest BCUT2D eigenvalue weighted by molar-refractivity contribution is -0.0912. The SMILES string of the molecule is CCC1CCC2(CCC2)O1. The number of hydrogen-bond donors (Lipinski definition) is 0. The monoisotopic (exact) mass is 140 g/mol. The van der Waals surface area contributed by atoms with Gasteiger partial charge in [0.05, 0.1) is 11.7 Å². The van der Waals surface area contributed by atoms with E-state index in [4.69, 9.17) is 4.74 Å². The van der Waals surface area contributed by atoms with Crippen LogP contribution in [0.5, 0.6) is 0 Å². The van der Waals surface area contributed by atoms with E-state index in [9.17, 15) is 0 Å². The van der Waals surface area contributed by atoms with Crippen molar-refractivity contribution in [3.63, 3.8) is 0 Å². The van der Waals surface area contributed by atoms with Crippen LogP contribution in [0.4, 0.5) is 0 Å². The highest BCUT2D eigenvalue weighted by Crippen LogP contribution is 2.45. The molecule has 2 fully saturated rings. The largest absolute Gasteiger partial charge is 0.372 e. The molecule has 1 unspecified atom stereocenters. The van der Waals surface area contributed by atoms with Crippen molar-refractivity contribution in [2.24, 2.45) is 0 Å². The van der Waals surface area contributed by atoms with Crippen molar-refractivity contribution < 1.29 is 4.74 Å². The minimum atomic E-state index is 0.390. The van der Waals surface area contributed by atoms with Gasteiger partial charge in [-0.15, -0.1) is 0 Å². The molecule has 0 radical (unpaired) electrons. The van der Waals surface area contributed by atoms with Crippen molar-refractivity contribution >= 4 is 0 Å². The molecule has 0 aromatic rings. The summed E-state index contributed by atoms with van der Waals surface area (Å²) in [5.74, 6) is 0. The van der Waals surface area contributed by atoms with Gasteiger partial charge in [-0.2, -0.15) is 0 Å². The topological polar surface area (TPSA) is 9.23 Å². The first-order valence-corrected chi connectivity index (χ1v) is 4.52. The molecule has 1 heterocycles. The van der Waals surface area contributed by atoms with Gasteiger partial charge in [0.25, 0.3) is 0 Å². The third kappa shape index (κ3) is 0.878. The molecule has 58 valence electrons. The number of ether oxygens (including phenoxy) is 1. The van der Waals surface area contributed by atoms with Crippen LogP contribution in [0.2, 0.25) is 0 Å². The quantitative estimate of drug-likeness (QED) is 0.543. The Morgan fingerprint density at radius 1 is 1.40 bits per heavy atom. The van der Waals surface area contributed by atoms with Crippen LogP contribution in [0, 0.1) is 0 Å². The Labute approximate surface area is 62.8 Å². The molecule has 0 bridgehead atoms. The summed E-state index contributed by atoms with van der Waals surface area (Å²) in [6, 6.07) is 0. The van der Waals surface area contributed by atoms with Crippen molar-refractivity contribution in [2.75, 3.05) is 0 Å². The third-order valence-corrected chi connectivity index (χ3v) is 3.06. The first kappa shape index (κ1) is 6.66. The predicted octanol–water partition coefficient (Wildman–Crippen LogP) is 2.50. The molecule has 1 atom stereocenters. The Kier molecular flexibility index (Phi) is 1.48. The van der Waals surface area contributed by atoms with E-state index in [1.165, 1.54) is 38.5 Å². The van der Waals surface area contributed by atoms with E-state index in [0.29, 0.717) is 11.7 Å². The first-order valence-electron chi connectivity index (χ1n) is 4.52. The van der Waals surface area contributed by atoms with Gasteiger partial charge < -0.3 is 4.74 Å². The van der Waals surface area contributed by atoms with Gasteiger partial charge in [-0.25, -0.2) is 0 Å². The van der Waals surface area contributed by atoms with Gasteiger partial charge in [0.1, 0.15) is 0 Å². The molecule has 1 saturated heterocycles. The average molecular weight is 140 g/mol.